The van der Waals surface area contributed by atoms with Crippen LogP contribution < -0.4 is 15.6 Å². The second kappa shape index (κ2) is 6.98. The molecule has 0 radical (unpaired) electrons. The highest BCUT2D eigenvalue weighted by Gasteiger charge is 2.34. The molecule has 0 spiro atoms. The molecule has 0 aromatic heterocycles. The molecule has 19 heavy (non-hydrogen) atoms. The number of piperidine rings is 1. The lowest BCUT2D eigenvalue weighted by atomic mass is 10.1. The third kappa shape index (κ3) is 4.56. The van der Waals surface area contributed by atoms with Gasteiger partial charge in [-0.25, -0.2) is 0 Å². The Morgan fingerprint density at radius 3 is 2.42 bits per heavy atom. The molecule has 2 N–H and O–H groups in total. The van der Waals surface area contributed by atoms with Gasteiger partial charge in [0.1, 0.15) is 5.56 Å². The molecular formula is C12H16ClF3N2O. The first-order valence-electron chi connectivity index (χ1n) is 5.86. The molecule has 0 amide bonds. The summed E-state index contributed by atoms with van der Waals surface area (Å²) in [6, 6.07) is 5.29. The molecular weight excluding hydrogens is 281 g/mol. The first kappa shape index (κ1) is 16.1. The first-order valence-corrected chi connectivity index (χ1v) is 5.86. The zero-order valence-corrected chi connectivity index (χ0v) is 11.0. The molecule has 1 aliphatic heterocycles. The molecule has 0 bridgehead atoms. The third-order valence-corrected chi connectivity index (χ3v) is 2.87. The predicted molar refractivity (Wildman–Crippen MR) is 68.3 cm³/mol. The van der Waals surface area contributed by atoms with E-state index in [1.165, 1.54) is 18.2 Å². The number of nitrogens with one attached hydrogen (secondary N) is 2. The van der Waals surface area contributed by atoms with E-state index < -0.39 is 11.7 Å². The van der Waals surface area contributed by atoms with Crippen molar-refractivity contribution in [2.45, 2.75) is 25.1 Å². The standard InChI is InChI=1S/C12H15F3N2O.ClH/c13-12(14,15)10-3-1-2-4-11(10)18-17-9-5-7-16-8-6-9;/h1-4,9,16-17H,5-8H2;1H. The number of para-hydroxylation sites is 1. The van der Waals surface area contributed by atoms with Gasteiger partial charge in [-0.2, -0.15) is 18.7 Å². The summed E-state index contributed by atoms with van der Waals surface area (Å²) >= 11 is 0. The van der Waals surface area contributed by atoms with Gasteiger partial charge in [-0.05, 0) is 38.1 Å². The molecule has 7 heteroatoms. The molecule has 0 saturated carbocycles. The third-order valence-electron chi connectivity index (χ3n) is 2.87. The number of hydrogen-bond donors (Lipinski definition) is 2. The van der Waals surface area contributed by atoms with Crippen LogP contribution in [0.25, 0.3) is 0 Å². The van der Waals surface area contributed by atoms with E-state index in [1.807, 2.05) is 0 Å². The van der Waals surface area contributed by atoms with Crippen LogP contribution in [0.15, 0.2) is 24.3 Å². The van der Waals surface area contributed by atoms with Gasteiger partial charge in [0, 0.05) is 6.04 Å². The lowest BCUT2D eigenvalue weighted by molar-refractivity contribution is -0.139. The average Bonchev–Trinajstić information content (AvgIpc) is 2.37. The van der Waals surface area contributed by atoms with E-state index in [-0.39, 0.29) is 24.2 Å². The Kier molecular flexibility index (Phi) is 5.90. The Bertz CT molecular complexity index is 395. The van der Waals surface area contributed by atoms with Gasteiger partial charge in [-0.3, -0.25) is 0 Å². The summed E-state index contributed by atoms with van der Waals surface area (Å²) in [6.07, 6.45) is -2.71. The molecule has 1 heterocycles. The van der Waals surface area contributed by atoms with Gasteiger partial charge in [-0.15, -0.1) is 12.4 Å². The maximum absolute atomic E-state index is 12.7. The van der Waals surface area contributed by atoms with Gasteiger partial charge in [0.2, 0.25) is 0 Å². The predicted octanol–water partition coefficient (Wildman–Crippen LogP) is 2.76. The number of hydroxylamine groups is 1. The van der Waals surface area contributed by atoms with Crippen molar-refractivity contribution in [2.75, 3.05) is 13.1 Å². The van der Waals surface area contributed by atoms with Crippen molar-refractivity contribution in [1.29, 1.82) is 0 Å². The van der Waals surface area contributed by atoms with Crippen LogP contribution in [-0.4, -0.2) is 19.1 Å². The van der Waals surface area contributed by atoms with E-state index >= 15 is 0 Å². The first-order chi connectivity index (χ1) is 8.57. The fraction of sp³-hybridized carbons (Fsp3) is 0.500. The molecule has 1 aromatic carbocycles. The van der Waals surface area contributed by atoms with Crippen molar-refractivity contribution in [3.05, 3.63) is 29.8 Å². The molecule has 3 nitrogen and oxygen atoms in total. The fourth-order valence-corrected chi connectivity index (χ4v) is 1.88. The lowest BCUT2D eigenvalue weighted by Crippen LogP contribution is -2.41. The topological polar surface area (TPSA) is 33.3 Å². The van der Waals surface area contributed by atoms with Crippen LogP contribution in [0.4, 0.5) is 13.2 Å². The van der Waals surface area contributed by atoms with Crippen molar-refractivity contribution in [3.63, 3.8) is 0 Å². The van der Waals surface area contributed by atoms with Crippen molar-refractivity contribution in [1.82, 2.24) is 10.8 Å². The van der Waals surface area contributed by atoms with E-state index in [1.54, 1.807) is 0 Å². The number of halogens is 4. The largest absolute Gasteiger partial charge is 0.420 e. The maximum atomic E-state index is 12.7. The Balaban J connectivity index is 0.00000180. The minimum atomic E-state index is -4.40. The second-order valence-corrected chi connectivity index (χ2v) is 4.24. The lowest BCUT2D eigenvalue weighted by Gasteiger charge is -2.24. The molecule has 1 aromatic rings. The summed E-state index contributed by atoms with van der Waals surface area (Å²) in [4.78, 5) is 5.11. The fourth-order valence-electron chi connectivity index (χ4n) is 1.88. The number of benzene rings is 1. The Hall–Kier alpha value is -0.980. The van der Waals surface area contributed by atoms with E-state index in [2.05, 4.69) is 10.8 Å². The molecule has 0 unspecified atom stereocenters. The Morgan fingerprint density at radius 1 is 1.16 bits per heavy atom. The molecule has 0 atom stereocenters. The molecule has 1 fully saturated rings. The minimum absolute atomic E-state index is 0. The van der Waals surface area contributed by atoms with Crippen LogP contribution in [0.5, 0.6) is 5.75 Å². The summed E-state index contributed by atoms with van der Waals surface area (Å²) in [7, 11) is 0. The van der Waals surface area contributed by atoms with Crippen molar-refractivity contribution < 1.29 is 18.0 Å². The highest BCUT2D eigenvalue weighted by Crippen LogP contribution is 2.35. The van der Waals surface area contributed by atoms with E-state index in [0.29, 0.717) is 0 Å². The molecule has 1 saturated heterocycles. The summed E-state index contributed by atoms with van der Waals surface area (Å²) in [6.45, 7) is 1.70. The van der Waals surface area contributed by atoms with Crippen LogP contribution in [-0.2, 0) is 6.18 Å². The molecule has 2 rings (SSSR count). The zero-order chi connectivity index (χ0) is 13.0. The quantitative estimate of drug-likeness (QED) is 0.842. The van der Waals surface area contributed by atoms with Gasteiger partial charge >= 0.3 is 6.18 Å². The van der Waals surface area contributed by atoms with Crippen LogP contribution in [0.3, 0.4) is 0 Å². The smallest absolute Gasteiger partial charge is 0.408 e. The second-order valence-electron chi connectivity index (χ2n) is 4.24. The molecule has 108 valence electrons. The number of rotatable bonds is 3. The van der Waals surface area contributed by atoms with Crippen molar-refractivity contribution in [3.8, 4) is 5.75 Å². The van der Waals surface area contributed by atoms with Crippen LogP contribution in [0, 0.1) is 0 Å². The number of alkyl halides is 3. The van der Waals surface area contributed by atoms with Gasteiger partial charge in [0.25, 0.3) is 0 Å². The van der Waals surface area contributed by atoms with Crippen molar-refractivity contribution >= 4 is 12.4 Å². The summed E-state index contributed by atoms with van der Waals surface area (Å²) in [5.74, 6) is -0.177. The SMILES string of the molecule is Cl.FC(F)(F)c1ccccc1ONC1CCNCC1. The Labute approximate surface area is 115 Å². The van der Waals surface area contributed by atoms with Gasteiger partial charge < -0.3 is 10.2 Å². The zero-order valence-electron chi connectivity index (χ0n) is 10.2. The van der Waals surface area contributed by atoms with Crippen LogP contribution in [0.1, 0.15) is 18.4 Å². The maximum Gasteiger partial charge on any atom is 0.420 e. The van der Waals surface area contributed by atoms with Crippen LogP contribution in [0.2, 0.25) is 0 Å². The van der Waals surface area contributed by atoms with Gasteiger partial charge in [0.05, 0.1) is 0 Å². The average molecular weight is 297 g/mol. The normalized spacial score (nSPS) is 16.8. The van der Waals surface area contributed by atoms with E-state index in [0.717, 1.165) is 32.0 Å². The molecule has 0 aliphatic carbocycles. The summed E-state index contributed by atoms with van der Waals surface area (Å²) in [5, 5.41) is 3.17. The highest BCUT2D eigenvalue weighted by atomic mass is 35.5. The molecule has 1 aliphatic rings. The van der Waals surface area contributed by atoms with Crippen LogP contribution >= 0.6 is 12.4 Å². The summed E-state index contributed by atoms with van der Waals surface area (Å²) < 4.78 is 38.1. The highest BCUT2D eigenvalue weighted by molar-refractivity contribution is 5.85. The van der Waals surface area contributed by atoms with Gasteiger partial charge in [-0.1, -0.05) is 12.1 Å². The summed E-state index contributed by atoms with van der Waals surface area (Å²) in [5.41, 5.74) is 1.95. The van der Waals surface area contributed by atoms with E-state index in [9.17, 15) is 13.2 Å². The number of hydrogen-bond acceptors (Lipinski definition) is 3. The van der Waals surface area contributed by atoms with Crippen molar-refractivity contribution in [2.24, 2.45) is 0 Å². The minimum Gasteiger partial charge on any atom is -0.408 e. The monoisotopic (exact) mass is 296 g/mol. The Morgan fingerprint density at radius 2 is 1.79 bits per heavy atom. The van der Waals surface area contributed by atoms with E-state index in [4.69, 9.17) is 4.84 Å². The van der Waals surface area contributed by atoms with Gasteiger partial charge in [0.15, 0.2) is 5.75 Å².